The molecule has 1 aromatic heterocycles. The lowest BCUT2D eigenvalue weighted by Gasteiger charge is -2.22. The Morgan fingerprint density at radius 1 is 1.50 bits per heavy atom. The fourth-order valence-corrected chi connectivity index (χ4v) is 2.74. The summed E-state index contributed by atoms with van der Waals surface area (Å²) in [5.74, 6) is 0.351. The fraction of sp³-hybridized carbons (Fsp3) is 0.375. The first-order chi connectivity index (χ1) is 11.4. The van der Waals surface area contributed by atoms with E-state index in [0.29, 0.717) is 18.2 Å². The summed E-state index contributed by atoms with van der Waals surface area (Å²) < 4.78 is 1.64. The number of carbonyl (C=O) groups is 1. The van der Waals surface area contributed by atoms with E-state index in [1.165, 1.54) is 12.1 Å². The van der Waals surface area contributed by atoms with Gasteiger partial charge in [0.15, 0.2) is 0 Å². The molecule has 1 fully saturated rings. The van der Waals surface area contributed by atoms with Crippen molar-refractivity contribution >= 4 is 28.9 Å². The average molecular weight is 349 g/mol. The number of benzene rings is 1. The summed E-state index contributed by atoms with van der Waals surface area (Å²) in [4.78, 5) is 24.9. The van der Waals surface area contributed by atoms with Crippen molar-refractivity contribution in [3.05, 3.63) is 51.3 Å². The van der Waals surface area contributed by atoms with Crippen LogP contribution in [-0.2, 0) is 18.3 Å². The molecular weight excluding hydrogens is 332 g/mol. The first kappa shape index (κ1) is 16.4. The van der Waals surface area contributed by atoms with E-state index in [9.17, 15) is 14.9 Å². The zero-order valence-electron chi connectivity index (χ0n) is 13.2. The Labute approximate surface area is 144 Å². The molecule has 1 aliphatic carbocycles. The second kappa shape index (κ2) is 6.60. The summed E-state index contributed by atoms with van der Waals surface area (Å²) in [6, 6.07) is 4.48. The van der Waals surface area contributed by atoms with Crippen LogP contribution in [0, 0.1) is 16.0 Å². The molecule has 126 valence electrons. The Morgan fingerprint density at radius 3 is 2.83 bits per heavy atom. The summed E-state index contributed by atoms with van der Waals surface area (Å²) >= 11 is 5.87. The number of rotatable bonds is 6. The third-order valence-electron chi connectivity index (χ3n) is 3.99. The predicted octanol–water partition coefficient (Wildman–Crippen LogP) is 2.97. The predicted molar refractivity (Wildman–Crippen MR) is 90.1 cm³/mol. The molecule has 0 saturated heterocycles. The van der Waals surface area contributed by atoms with Gasteiger partial charge in [0.2, 0.25) is 5.91 Å². The number of halogens is 1. The van der Waals surface area contributed by atoms with Gasteiger partial charge in [0.25, 0.3) is 5.69 Å². The van der Waals surface area contributed by atoms with Gasteiger partial charge in [-0.2, -0.15) is 5.10 Å². The van der Waals surface area contributed by atoms with Crippen LogP contribution in [-0.4, -0.2) is 27.2 Å². The molecule has 0 N–H and O–H groups in total. The number of amides is 1. The van der Waals surface area contributed by atoms with Gasteiger partial charge in [-0.1, -0.05) is 11.6 Å². The third-order valence-corrected chi connectivity index (χ3v) is 4.31. The maximum Gasteiger partial charge on any atom is 0.289 e. The van der Waals surface area contributed by atoms with E-state index in [1.807, 2.05) is 0 Å². The first-order valence-corrected chi connectivity index (χ1v) is 8.03. The van der Waals surface area contributed by atoms with E-state index in [4.69, 9.17) is 11.6 Å². The standard InChI is InChI=1S/C16H17ClN4O3/c1-19-9-12(8-18-19)6-16(22)20(10-11-2-3-11)13-4-5-14(17)15(7-13)21(23)24/h4-5,7-9,11H,2-3,6,10H2,1H3. The van der Waals surface area contributed by atoms with Gasteiger partial charge in [-0.05, 0) is 36.5 Å². The van der Waals surface area contributed by atoms with Crippen molar-refractivity contribution < 1.29 is 9.72 Å². The van der Waals surface area contributed by atoms with Crippen LogP contribution in [0.25, 0.3) is 0 Å². The maximum atomic E-state index is 12.7. The molecule has 1 aliphatic rings. The van der Waals surface area contributed by atoms with E-state index in [1.54, 1.807) is 35.1 Å². The van der Waals surface area contributed by atoms with Crippen molar-refractivity contribution in [1.29, 1.82) is 0 Å². The summed E-state index contributed by atoms with van der Waals surface area (Å²) in [5, 5.41) is 15.2. The Bertz CT molecular complexity index is 785. The minimum Gasteiger partial charge on any atom is -0.312 e. The maximum absolute atomic E-state index is 12.7. The highest BCUT2D eigenvalue weighted by Gasteiger charge is 2.29. The Balaban J connectivity index is 1.86. The number of nitro groups is 1. The van der Waals surface area contributed by atoms with E-state index >= 15 is 0 Å². The number of anilines is 1. The summed E-state index contributed by atoms with van der Waals surface area (Å²) in [5.41, 5.74) is 1.13. The minimum absolute atomic E-state index is 0.0647. The molecule has 0 unspecified atom stereocenters. The zero-order valence-corrected chi connectivity index (χ0v) is 13.9. The minimum atomic E-state index is -0.535. The first-order valence-electron chi connectivity index (χ1n) is 7.66. The summed E-state index contributed by atoms with van der Waals surface area (Å²) in [6.45, 7) is 0.567. The van der Waals surface area contributed by atoms with Gasteiger partial charge in [0, 0.05) is 25.9 Å². The van der Waals surface area contributed by atoms with Crippen LogP contribution >= 0.6 is 11.6 Å². The van der Waals surface area contributed by atoms with Crippen molar-refractivity contribution in [3.8, 4) is 0 Å². The number of nitrogens with zero attached hydrogens (tertiary/aromatic N) is 4. The van der Waals surface area contributed by atoms with E-state index in [-0.39, 0.29) is 23.0 Å². The number of hydrogen-bond donors (Lipinski definition) is 0. The number of aryl methyl sites for hydroxylation is 1. The molecule has 8 heteroatoms. The van der Waals surface area contributed by atoms with Crippen LogP contribution in [0.5, 0.6) is 0 Å². The van der Waals surface area contributed by atoms with Crippen LogP contribution in [0.3, 0.4) is 0 Å². The quantitative estimate of drug-likeness (QED) is 0.593. The van der Waals surface area contributed by atoms with Gasteiger partial charge in [-0.3, -0.25) is 19.6 Å². The monoisotopic (exact) mass is 348 g/mol. The molecule has 0 radical (unpaired) electrons. The Morgan fingerprint density at radius 2 is 2.25 bits per heavy atom. The van der Waals surface area contributed by atoms with Crippen molar-refractivity contribution in [3.63, 3.8) is 0 Å². The third kappa shape index (κ3) is 3.73. The Kier molecular flexibility index (Phi) is 4.53. The lowest BCUT2D eigenvalue weighted by atomic mass is 10.2. The second-order valence-corrected chi connectivity index (χ2v) is 6.45. The molecule has 1 heterocycles. The molecule has 7 nitrogen and oxygen atoms in total. The van der Waals surface area contributed by atoms with Gasteiger partial charge in [0.05, 0.1) is 23.2 Å². The molecule has 1 aromatic carbocycles. The molecule has 0 spiro atoms. The topological polar surface area (TPSA) is 81.3 Å². The number of aromatic nitrogens is 2. The summed E-state index contributed by atoms with van der Waals surface area (Å²) in [6.07, 6.45) is 5.80. The largest absolute Gasteiger partial charge is 0.312 e. The Hall–Kier alpha value is -2.41. The molecule has 24 heavy (non-hydrogen) atoms. The van der Waals surface area contributed by atoms with Gasteiger partial charge < -0.3 is 4.90 Å². The lowest BCUT2D eigenvalue weighted by Crippen LogP contribution is -2.34. The molecular formula is C16H17ClN4O3. The van der Waals surface area contributed by atoms with Crippen LogP contribution in [0.2, 0.25) is 5.02 Å². The van der Waals surface area contributed by atoms with Gasteiger partial charge in [-0.15, -0.1) is 0 Å². The van der Waals surface area contributed by atoms with Gasteiger partial charge in [-0.25, -0.2) is 0 Å². The molecule has 2 aromatic rings. The van der Waals surface area contributed by atoms with Crippen molar-refractivity contribution in [1.82, 2.24) is 9.78 Å². The van der Waals surface area contributed by atoms with E-state index in [0.717, 1.165) is 18.4 Å². The SMILES string of the molecule is Cn1cc(CC(=O)N(CC2CC2)c2ccc(Cl)c([N+](=O)[O-])c2)cn1. The van der Waals surface area contributed by atoms with Crippen molar-refractivity contribution in [2.24, 2.45) is 13.0 Å². The van der Waals surface area contributed by atoms with E-state index in [2.05, 4.69) is 5.10 Å². The van der Waals surface area contributed by atoms with Crippen LogP contribution in [0.4, 0.5) is 11.4 Å². The van der Waals surface area contributed by atoms with E-state index < -0.39 is 4.92 Å². The van der Waals surface area contributed by atoms with Crippen LogP contribution < -0.4 is 4.90 Å². The lowest BCUT2D eigenvalue weighted by molar-refractivity contribution is -0.384. The van der Waals surface area contributed by atoms with Crippen LogP contribution in [0.15, 0.2) is 30.6 Å². The van der Waals surface area contributed by atoms with Crippen LogP contribution in [0.1, 0.15) is 18.4 Å². The molecule has 0 atom stereocenters. The van der Waals surface area contributed by atoms with Gasteiger partial charge >= 0.3 is 0 Å². The zero-order chi connectivity index (χ0) is 17.3. The smallest absolute Gasteiger partial charge is 0.289 e. The number of nitro benzene ring substituents is 1. The van der Waals surface area contributed by atoms with Crippen molar-refractivity contribution in [2.75, 3.05) is 11.4 Å². The highest BCUT2D eigenvalue weighted by molar-refractivity contribution is 6.32. The highest BCUT2D eigenvalue weighted by Crippen LogP contribution is 2.34. The highest BCUT2D eigenvalue weighted by atomic mass is 35.5. The number of hydrogen-bond acceptors (Lipinski definition) is 4. The van der Waals surface area contributed by atoms with Gasteiger partial charge in [0.1, 0.15) is 5.02 Å². The molecule has 1 saturated carbocycles. The second-order valence-electron chi connectivity index (χ2n) is 6.04. The summed E-state index contributed by atoms with van der Waals surface area (Å²) in [7, 11) is 1.79. The molecule has 3 rings (SSSR count). The molecule has 0 aliphatic heterocycles. The van der Waals surface area contributed by atoms with Crippen molar-refractivity contribution in [2.45, 2.75) is 19.3 Å². The fourth-order valence-electron chi connectivity index (χ4n) is 2.55. The molecule has 0 bridgehead atoms. The number of carbonyl (C=O) groups excluding carboxylic acids is 1. The molecule has 1 amide bonds. The average Bonchev–Trinajstić information content (AvgIpc) is 3.26. The normalized spacial score (nSPS) is 13.8.